The van der Waals surface area contributed by atoms with Gasteiger partial charge in [-0.2, -0.15) is 23.3 Å². The molecular formula is C19H19F4N5O. The van der Waals surface area contributed by atoms with Crippen LogP contribution in [0, 0.1) is 5.92 Å². The van der Waals surface area contributed by atoms with E-state index >= 15 is 0 Å². The number of aromatic amines is 1. The molecule has 29 heavy (non-hydrogen) atoms. The van der Waals surface area contributed by atoms with Crippen molar-refractivity contribution in [3.05, 3.63) is 51.4 Å². The molecule has 6 nitrogen and oxygen atoms in total. The van der Waals surface area contributed by atoms with Gasteiger partial charge in [-0.1, -0.05) is 12.1 Å². The molecule has 1 aliphatic carbocycles. The summed E-state index contributed by atoms with van der Waals surface area (Å²) in [5.74, 6) is 0.419. The van der Waals surface area contributed by atoms with Gasteiger partial charge in [-0.05, 0) is 36.5 Å². The molecule has 3 aromatic rings. The monoisotopic (exact) mass is 409 g/mol. The maximum absolute atomic E-state index is 13.6. The minimum atomic E-state index is -4.43. The summed E-state index contributed by atoms with van der Waals surface area (Å²) < 4.78 is 53.8. The molecule has 154 valence electrons. The number of anilines is 1. The molecule has 0 aliphatic heterocycles. The molecule has 1 saturated carbocycles. The van der Waals surface area contributed by atoms with Crippen molar-refractivity contribution in [3.63, 3.8) is 0 Å². The van der Waals surface area contributed by atoms with E-state index in [1.165, 1.54) is 16.8 Å². The van der Waals surface area contributed by atoms with Gasteiger partial charge >= 0.3 is 6.18 Å². The van der Waals surface area contributed by atoms with Gasteiger partial charge in [0.1, 0.15) is 17.8 Å². The first-order valence-corrected chi connectivity index (χ1v) is 9.12. The van der Waals surface area contributed by atoms with Gasteiger partial charge in [0.05, 0.1) is 11.6 Å². The lowest BCUT2D eigenvalue weighted by atomic mass is 10.0. The minimum Gasteiger partial charge on any atom is -0.348 e. The molecule has 0 spiro atoms. The smallest absolute Gasteiger partial charge is 0.348 e. The van der Waals surface area contributed by atoms with Gasteiger partial charge in [-0.3, -0.25) is 9.78 Å². The Bertz CT molecular complexity index is 1100. The second-order valence-corrected chi connectivity index (χ2v) is 7.41. The van der Waals surface area contributed by atoms with Gasteiger partial charge < -0.3 is 4.90 Å². The predicted molar refractivity (Wildman–Crippen MR) is 99.6 cm³/mol. The van der Waals surface area contributed by atoms with Crippen LogP contribution in [0.2, 0.25) is 0 Å². The summed E-state index contributed by atoms with van der Waals surface area (Å²) in [6.07, 6.45) is -2.70. The van der Waals surface area contributed by atoms with Crippen molar-refractivity contribution in [1.29, 1.82) is 0 Å². The van der Waals surface area contributed by atoms with Gasteiger partial charge in [-0.25, -0.2) is 9.07 Å². The zero-order valence-electron chi connectivity index (χ0n) is 15.8. The first-order chi connectivity index (χ1) is 13.7. The highest BCUT2D eigenvalue weighted by molar-refractivity contribution is 5.78. The van der Waals surface area contributed by atoms with Crippen LogP contribution < -0.4 is 10.5 Å². The molecule has 2 aromatic heterocycles. The van der Waals surface area contributed by atoms with E-state index in [0.29, 0.717) is 5.56 Å². The molecule has 0 saturated heterocycles. The summed E-state index contributed by atoms with van der Waals surface area (Å²) in [6.45, 7) is -0.944. The third-order valence-electron chi connectivity index (χ3n) is 5.08. The zero-order valence-corrected chi connectivity index (χ0v) is 15.8. The van der Waals surface area contributed by atoms with E-state index in [1.54, 1.807) is 19.0 Å². The number of H-pyrrole nitrogens is 1. The van der Waals surface area contributed by atoms with Crippen LogP contribution in [0.5, 0.6) is 0 Å². The fourth-order valence-corrected chi connectivity index (χ4v) is 3.50. The van der Waals surface area contributed by atoms with Crippen LogP contribution in [0.4, 0.5) is 23.5 Å². The van der Waals surface area contributed by atoms with Crippen LogP contribution in [0.1, 0.15) is 35.7 Å². The molecule has 2 heterocycles. The van der Waals surface area contributed by atoms with Crippen molar-refractivity contribution < 1.29 is 17.6 Å². The van der Waals surface area contributed by atoms with Gasteiger partial charge in [0.25, 0.3) is 5.56 Å². The van der Waals surface area contributed by atoms with Crippen molar-refractivity contribution in [2.24, 2.45) is 5.92 Å². The molecule has 0 amide bonds. The topological polar surface area (TPSA) is 66.8 Å². The lowest BCUT2D eigenvalue weighted by Gasteiger charge is -2.19. The molecule has 4 rings (SSSR count). The number of nitrogens with one attached hydrogen (secondary N) is 1. The van der Waals surface area contributed by atoms with Gasteiger partial charge in [0.15, 0.2) is 5.65 Å². The van der Waals surface area contributed by atoms with Crippen molar-refractivity contribution in [3.8, 4) is 0 Å². The first kappa shape index (κ1) is 19.4. The van der Waals surface area contributed by atoms with E-state index in [1.807, 2.05) is 0 Å². The van der Waals surface area contributed by atoms with Crippen molar-refractivity contribution in [2.45, 2.75) is 31.7 Å². The summed E-state index contributed by atoms with van der Waals surface area (Å²) in [5, 5.41) is 4.36. The molecule has 0 unspecified atom stereocenters. The Labute approximate surface area is 163 Å². The third-order valence-corrected chi connectivity index (χ3v) is 5.08. The van der Waals surface area contributed by atoms with Crippen LogP contribution in [-0.2, 0) is 12.9 Å². The second kappa shape index (κ2) is 6.85. The van der Waals surface area contributed by atoms with Crippen molar-refractivity contribution >= 4 is 17.0 Å². The van der Waals surface area contributed by atoms with Crippen LogP contribution >= 0.6 is 0 Å². The fourth-order valence-electron chi connectivity index (χ4n) is 3.50. The van der Waals surface area contributed by atoms with E-state index in [0.717, 1.165) is 25.0 Å². The highest BCUT2D eigenvalue weighted by Crippen LogP contribution is 2.44. The number of hydrogen-bond acceptors (Lipinski definition) is 4. The molecule has 0 radical (unpaired) electrons. The molecule has 1 atom stereocenters. The van der Waals surface area contributed by atoms with Crippen LogP contribution in [0.15, 0.2) is 29.1 Å². The largest absolute Gasteiger partial charge is 0.416 e. The Kier molecular flexibility index (Phi) is 4.59. The van der Waals surface area contributed by atoms with E-state index < -0.39 is 30.0 Å². The maximum Gasteiger partial charge on any atom is 0.416 e. The third kappa shape index (κ3) is 3.47. The van der Waals surface area contributed by atoms with Gasteiger partial charge in [-0.15, -0.1) is 0 Å². The molecule has 1 aromatic carbocycles. The number of halogens is 4. The minimum absolute atomic E-state index is 0.0309. The molecule has 0 bridgehead atoms. The van der Waals surface area contributed by atoms with E-state index in [4.69, 9.17) is 0 Å². The maximum atomic E-state index is 13.6. The number of hydrogen-bond donors (Lipinski definition) is 1. The molecule has 1 N–H and O–H groups in total. The second-order valence-electron chi connectivity index (χ2n) is 7.41. The Morgan fingerprint density at radius 2 is 1.90 bits per heavy atom. The lowest BCUT2D eigenvalue weighted by Crippen LogP contribution is -2.21. The van der Waals surface area contributed by atoms with E-state index in [9.17, 15) is 22.4 Å². The summed E-state index contributed by atoms with van der Waals surface area (Å²) in [7, 11) is 3.41. The summed E-state index contributed by atoms with van der Waals surface area (Å²) in [5.41, 5.74) is -0.433. The Morgan fingerprint density at radius 3 is 2.41 bits per heavy atom. The molecular weight excluding hydrogens is 390 g/mol. The van der Waals surface area contributed by atoms with Crippen molar-refractivity contribution in [2.75, 3.05) is 19.0 Å². The van der Waals surface area contributed by atoms with Crippen LogP contribution in [0.3, 0.4) is 0 Å². The molecule has 10 heteroatoms. The Hall–Kier alpha value is -2.91. The zero-order chi connectivity index (χ0) is 20.9. The molecule has 1 fully saturated rings. The Morgan fingerprint density at radius 1 is 1.24 bits per heavy atom. The number of fused-ring (bicyclic) bond motifs is 1. The lowest BCUT2D eigenvalue weighted by molar-refractivity contribution is -0.137. The SMILES string of the molecule is CN(C)c1nc2c(c(CF)nn2[C@@H](c2ccc(C(F)(F)F)cc2)C2CC2)c(=O)[nH]1. The summed E-state index contributed by atoms with van der Waals surface area (Å²) in [4.78, 5) is 21.2. The summed E-state index contributed by atoms with van der Waals surface area (Å²) in [6, 6.07) is 4.45. The number of alkyl halides is 4. The number of aromatic nitrogens is 4. The highest BCUT2D eigenvalue weighted by atomic mass is 19.4. The standard InChI is InChI=1S/C19H19F4N5O/c1-27(2)18-24-16-14(17(29)25-18)13(9-20)26-28(16)15(10-3-4-10)11-5-7-12(8-6-11)19(21,22)23/h5-8,10,15H,3-4,9H2,1-2H3,(H,24,25,29)/t15-/m1/s1. The van der Waals surface area contributed by atoms with Gasteiger partial charge in [0.2, 0.25) is 5.95 Å². The number of benzene rings is 1. The summed E-state index contributed by atoms with van der Waals surface area (Å²) >= 11 is 0. The first-order valence-electron chi connectivity index (χ1n) is 9.12. The van der Waals surface area contributed by atoms with E-state index in [2.05, 4.69) is 15.1 Å². The highest BCUT2D eigenvalue weighted by Gasteiger charge is 2.37. The number of rotatable bonds is 5. The quantitative estimate of drug-likeness (QED) is 0.653. The van der Waals surface area contributed by atoms with E-state index in [-0.39, 0.29) is 28.6 Å². The van der Waals surface area contributed by atoms with Gasteiger partial charge in [0, 0.05) is 14.1 Å². The van der Waals surface area contributed by atoms with Crippen LogP contribution in [-0.4, -0.2) is 33.8 Å². The molecule has 1 aliphatic rings. The average Bonchev–Trinajstić information content (AvgIpc) is 3.42. The normalized spacial score (nSPS) is 15.7. The predicted octanol–water partition coefficient (Wildman–Crippen LogP) is 3.67. The Balaban J connectivity index is 1.89. The average molecular weight is 409 g/mol. The number of nitrogens with zero attached hydrogens (tertiary/aromatic N) is 4. The van der Waals surface area contributed by atoms with Crippen LogP contribution in [0.25, 0.3) is 11.0 Å². The fraction of sp³-hybridized carbons (Fsp3) is 0.421. The van der Waals surface area contributed by atoms with Crippen molar-refractivity contribution in [1.82, 2.24) is 19.7 Å².